The second-order valence-electron chi connectivity index (χ2n) is 7.69. The predicted octanol–water partition coefficient (Wildman–Crippen LogP) is 9.73. The van der Waals surface area contributed by atoms with Crippen molar-refractivity contribution >= 4 is 54.7 Å². The molecule has 0 saturated carbocycles. The first kappa shape index (κ1) is 21.8. The van der Waals surface area contributed by atoms with Crippen LogP contribution in [0.25, 0.3) is 41.5 Å². The molecule has 0 unspecified atom stereocenters. The van der Waals surface area contributed by atoms with Crippen molar-refractivity contribution in [2.75, 3.05) is 0 Å². The van der Waals surface area contributed by atoms with Gasteiger partial charge in [0.05, 0.1) is 20.8 Å². The van der Waals surface area contributed by atoms with E-state index in [0.29, 0.717) is 5.69 Å². The molecule has 0 aliphatic heterocycles. The highest BCUT2D eigenvalue weighted by Gasteiger charge is 2.31. The number of aryl methyl sites for hydroxylation is 4. The standard InChI is InChI=1S/C24H18F3NS4/c1-11-7-16(13(3)29-11)21-22(17-8-12(2)30-14(17)4)32-20-9-19(31-23(20)21)18-6-5-15(10-28-18)24(25,26)27/h5-10H,1-4H3. The van der Waals surface area contributed by atoms with Crippen molar-refractivity contribution in [3.8, 4) is 32.1 Å². The van der Waals surface area contributed by atoms with Crippen molar-refractivity contribution in [2.45, 2.75) is 33.9 Å². The molecular weight excluding hydrogens is 488 g/mol. The first-order chi connectivity index (χ1) is 15.1. The van der Waals surface area contributed by atoms with Crippen molar-refractivity contribution in [3.05, 3.63) is 61.6 Å². The molecule has 1 nitrogen and oxygen atoms in total. The van der Waals surface area contributed by atoms with E-state index in [9.17, 15) is 13.2 Å². The number of pyridine rings is 1. The molecule has 0 spiro atoms. The fourth-order valence-electron chi connectivity index (χ4n) is 3.89. The van der Waals surface area contributed by atoms with Gasteiger partial charge in [-0.2, -0.15) is 13.2 Å². The Labute approximate surface area is 199 Å². The van der Waals surface area contributed by atoms with Gasteiger partial charge in [0.15, 0.2) is 0 Å². The second-order valence-corrected chi connectivity index (χ2v) is 12.7. The molecule has 8 heteroatoms. The van der Waals surface area contributed by atoms with Crippen LogP contribution >= 0.6 is 45.3 Å². The fraction of sp³-hybridized carbons (Fsp3) is 0.208. The van der Waals surface area contributed by atoms with E-state index in [1.54, 1.807) is 45.3 Å². The molecule has 0 aliphatic rings. The first-order valence-corrected chi connectivity index (χ1v) is 13.1. The molecule has 5 heterocycles. The van der Waals surface area contributed by atoms with Gasteiger partial charge in [0.2, 0.25) is 0 Å². The van der Waals surface area contributed by atoms with Crippen LogP contribution in [0.15, 0.2) is 36.5 Å². The number of hydrogen-bond acceptors (Lipinski definition) is 5. The third kappa shape index (κ3) is 3.73. The van der Waals surface area contributed by atoms with Crippen molar-refractivity contribution in [1.82, 2.24) is 4.98 Å². The molecule has 5 aromatic heterocycles. The van der Waals surface area contributed by atoms with Gasteiger partial charge in [-0.1, -0.05) is 0 Å². The number of rotatable bonds is 3. The summed E-state index contributed by atoms with van der Waals surface area (Å²) in [5.41, 5.74) is 3.59. The zero-order valence-corrected chi connectivity index (χ0v) is 20.9. The SMILES string of the molecule is Cc1cc(-c2sc3cc(-c4ccc(C(F)(F)F)cn4)sc3c2-c2cc(C)sc2C)c(C)s1. The average Bonchev–Trinajstić information content (AvgIpc) is 3.43. The Hall–Kier alpha value is -2.00. The third-order valence-electron chi connectivity index (χ3n) is 5.30. The van der Waals surface area contributed by atoms with Crippen LogP contribution in [-0.4, -0.2) is 4.98 Å². The molecule has 0 bridgehead atoms. The van der Waals surface area contributed by atoms with Crippen LogP contribution in [0.2, 0.25) is 0 Å². The van der Waals surface area contributed by atoms with E-state index in [-0.39, 0.29) is 0 Å². The molecule has 0 atom stereocenters. The highest BCUT2D eigenvalue weighted by Crippen LogP contribution is 2.52. The van der Waals surface area contributed by atoms with Crippen LogP contribution < -0.4 is 0 Å². The molecule has 0 N–H and O–H groups in total. The van der Waals surface area contributed by atoms with Gasteiger partial charge in [-0.25, -0.2) is 0 Å². The molecule has 0 radical (unpaired) electrons. The lowest BCUT2D eigenvalue weighted by Crippen LogP contribution is -2.04. The maximum Gasteiger partial charge on any atom is 0.417 e. The number of alkyl halides is 3. The Morgan fingerprint density at radius 1 is 0.781 bits per heavy atom. The molecule has 0 fully saturated rings. The van der Waals surface area contributed by atoms with E-state index >= 15 is 0 Å². The smallest absolute Gasteiger partial charge is 0.255 e. The maximum atomic E-state index is 12.9. The van der Waals surface area contributed by atoms with E-state index in [1.807, 2.05) is 0 Å². The zero-order chi connectivity index (χ0) is 22.8. The second kappa shape index (κ2) is 7.80. The highest BCUT2D eigenvalue weighted by molar-refractivity contribution is 7.32. The van der Waals surface area contributed by atoms with Gasteiger partial charge in [0.25, 0.3) is 0 Å². The molecule has 0 amide bonds. The van der Waals surface area contributed by atoms with Crippen LogP contribution in [-0.2, 0) is 6.18 Å². The Kier molecular flexibility index (Phi) is 5.32. The summed E-state index contributed by atoms with van der Waals surface area (Å²) in [5, 5.41) is 0. The monoisotopic (exact) mass is 505 g/mol. The predicted molar refractivity (Wildman–Crippen MR) is 134 cm³/mol. The molecule has 0 aliphatic carbocycles. The van der Waals surface area contributed by atoms with E-state index < -0.39 is 11.7 Å². The molecular formula is C24H18F3NS4. The van der Waals surface area contributed by atoms with Gasteiger partial charge in [0, 0.05) is 46.4 Å². The lowest BCUT2D eigenvalue weighted by atomic mass is 10.0. The van der Waals surface area contributed by atoms with Crippen LogP contribution in [0.3, 0.4) is 0 Å². The van der Waals surface area contributed by atoms with Gasteiger partial charge in [-0.05, 0) is 63.6 Å². The van der Waals surface area contributed by atoms with Gasteiger partial charge in [0.1, 0.15) is 0 Å². The van der Waals surface area contributed by atoms with Crippen molar-refractivity contribution in [1.29, 1.82) is 0 Å². The number of thiophene rings is 4. The molecule has 0 aromatic carbocycles. The number of nitrogens with zero attached hydrogens (tertiary/aromatic N) is 1. The summed E-state index contributed by atoms with van der Waals surface area (Å²) in [4.78, 5) is 11.4. The van der Waals surface area contributed by atoms with E-state index in [0.717, 1.165) is 21.8 Å². The van der Waals surface area contributed by atoms with Crippen molar-refractivity contribution in [3.63, 3.8) is 0 Å². The summed E-state index contributed by atoms with van der Waals surface area (Å²) in [6.07, 6.45) is -3.46. The number of aromatic nitrogens is 1. The van der Waals surface area contributed by atoms with Gasteiger partial charge in [-0.15, -0.1) is 45.3 Å². The minimum absolute atomic E-state index is 0.569. The summed E-state index contributed by atoms with van der Waals surface area (Å²) in [6, 6.07) is 9.13. The van der Waals surface area contributed by atoms with E-state index in [1.165, 1.54) is 51.8 Å². The van der Waals surface area contributed by atoms with Crippen LogP contribution in [0.1, 0.15) is 25.1 Å². The Morgan fingerprint density at radius 3 is 1.97 bits per heavy atom. The summed E-state index contributed by atoms with van der Waals surface area (Å²) < 4.78 is 41.1. The molecule has 5 aromatic rings. The Morgan fingerprint density at radius 2 is 1.44 bits per heavy atom. The van der Waals surface area contributed by atoms with Crippen molar-refractivity contribution < 1.29 is 13.2 Å². The zero-order valence-electron chi connectivity index (χ0n) is 17.7. The highest BCUT2D eigenvalue weighted by atomic mass is 32.1. The fourth-order valence-corrected chi connectivity index (χ4v) is 8.53. The van der Waals surface area contributed by atoms with Crippen LogP contribution in [0, 0.1) is 27.7 Å². The number of hydrogen-bond donors (Lipinski definition) is 0. The minimum Gasteiger partial charge on any atom is -0.255 e. The topological polar surface area (TPSA) is 12.9 Å². The van der Waals surface area contributed by atoms with Crippen molar-refractivity contribution in [2.24, 2.45) is 0 Å². The van der Waals surface area contributed by atoms with Gasteiger partial charge < -0.3 is 0 Å². The van der Waals surface area contributed by atoms with E-state index in [4.69, 9.17) is 0 Å². The molecule has 32 heavy (non-hydrogen) atoms. The quantitative estimate of drug-likeness (QED) is 0.238. The third-order valence-corrected chi connectivity index (χ3v) is 9.71. The van der Waals surface area contributed by atoms with E-state index in [2.05, 4.69) is 50.9 Å². The molecule has 0 saturated heterocycles. The lowest BCUT2D eigenvalue weighted by Gasteiger charge is -2.06. The summed E-state index contributed by atoms with van der Waals surface area (Å²) >= 11 is 6.95. The largest absolute Gasteiger partial charge is 0.417 e. The average molecular weight is 506 g/mol. The lowest BCUT2D eigenvalue weighted by molar-refractivity contribution is -0.137. The molecule has 5 rings (SSSR count). The number of halogens is 3. The Balaban J connectivity index is 1.70. The van der Waals surface area contributed by atoms with Gasteiger partial charge >= 0.3 is 6.18 Å². The van der Waals surface area contributed by atoms with Gasteiger partial charge in [-0.3, -0.25) is 4.98 Å². The normalized spacial score (nSPS) is 12.2. The summed E-state index contributed by atoms with van der Waals surface area (Å²) in [7, 11) is 0. The number of fused-ring (bicyclic) bond motifs is 1. The maximum absolute atomic E-state index is 12.9. The Bertz CT molecular complexity index is 1450. The van der Waals surface area contributed by atoms with Crippen LogP contribution in [0.4, 0.5) is 13.2 Å². The van der Waals surface area contributed by atoms with Crippen LogP contribution in [0.5, 0.6) is 0 Å². The molecule has 164 valence electrons. The summed E-state index contributed by atoms with van der Waals surface area (Å²) in [5.74, 6) is 0. The summed E-state index contributed by atoms with van der Waals surface area (Å²) in [6.45, 7) is 8.56. The minimum atomic E-state index is -4.38. The first-order valence-electron chi connectivity index (χ1n) is 9.86.